The first-order valence-electron chi connectivity index (χ1n) is 9.46. The minimum absolute atomic E-state index is 0.214. The van der Waals surface area contributed by atoms with E-state index in [2.05, 4.69) is 13.2 Å². The number of esters is 2. The highest BCUT2D eigenvalue weighted by molar-refractivity contribution is 5.88. The lowest BCUT2D eigenvalue weighted by Gasteiger charge is -2.39. The van der Waals surface area contributed by atoms with Gasteiger partial charge < -0.3 is 9.47 Å². The van der Waals surface area contributed by atoms with E-state index >= 15 is 0 Å². The third kappa shape index (κ3) is 5.44. The summed E-state index contributed by atoms with van der Waals surface area (Å²) >= 11 is 0. The van der Waals surface area contributed by atoms with Crippen LogP contribution in [0.15, 0.2) is 85.0 Å². The predicted octanol–water partition coefficient (Wildman–Crippen LogP) is 5.45. The van der Waals surface area contributed by atoms with Crippen molar-refractivity contribution in [2.45, 2.75) is 45.3 Å². The Kier molecular flexibility index (Phi) is 6.80. The normalized spacial score (nSPS) is 14.8. The molecule has 0 saturated heterocycles. The van der Waals surface area contributed by atoms with E-state index in [1.54, 1.807) is 13.8 Å². The third-order valence-corrected chi connectivity index (χ3v) is 4.78. The Balaban J connectivity index is 2.55. The number of ether oxygens (including phenoxy) is 2. The molecule has 0 aliphatic heterocycles. The van der Waals surface area contributed by atoms with Gasteiger partial charge in [-0.2, -0.15) is 0 Å². The topological polar surface area (TPSA) is 52.6 Å². The standard InChI is InChI=1S/C25H28O4/c1-18(2)22(26)28-24(5,20-13-9-7-10-14-20)17-25(6,29-23(27)19(3)4)21-15-11-8-12-16-21/h7-16H,1,3,17H2,2,4-6H3. The van der Waals surface area contributed by atoms with Gasteiger partial charge in [-0.25, -0.2) is 9.59 Å². The van der Waals surface area contributed by atoms with Crippen molar-refractivity contribution in [2.24, 2.45) is 0 Å². The Morgan fingerprint density at radius 1 is 0.724 bits per heavy atom. The molecule has 0 aromatic heterocycles. The van der Waals surface area contributed by atoms with Crippen molar-refractivity contribution in [2.75, 3.05) is 0 Å². The van der Waals surface area contributed by atoms with E-state index < -0.39 is 23.1 Å². The lowest BCUT2D eigenvalue weighted by Crippen LogP contribution is -2.40. The van der Waals surface area contributed by atoms with E-state index in [4.69, 9.17) is 9.47 Å². The number of hydrogen-bond donors (Lipinski definition) is 0. The molecule has 4 nitrogen and oxygen atoms in total. The smallest absolute Gasteiger partial charge is 0.333 e. The highest BCUT2D eigenvalue weighted by Crippen LogP contribution is 2.41. The zero-order valence-electron chi connectivity index (χ0n) is 17.5. The second-order valence-corrected chi connectivity index (χ2v) is 7.71. The van der Waals surface area contributed by atoms with Gasteiger partial charge in [-0.3, -0.25) is 0 Å². The summed E-state index contributed by atoms with van der Waals surface area (Å²) in [6.07, 6.45) is 0.214. The minimum Gasteiger partial charge on any atom is -0.451 e. The molecule has 2 atom stereocenters. The fourth-order valence-corrected chi connectivity index (χ4v) is 3.20. The first-order chi connectivity index (χ1) is 13.6. The molecule has 2 rings (SSSR count). The maximum Gasteiger partial charge on any atom is 0.333 e. The summed E-state index contributed by atoms with van der Waals surface area (Å²) in [5, 5.41) is 0. The van der Waals surface area contributed by atoms with Gasteiger partial charge in [-0.1, -0.05) is 73.8 Å². The Morgan fingerprint density at radius 3 is 1.31 bits per heavy atom. The van der Waals surface area contributed by atoms with Crippen LogP contribution in [0.5, 0.6) is 0 Å². The molecule has 0 heterocycles. The molecule has 0 bridgehead atoms. The van der Waals surface area contributed by atoms with Crippen LogP contribution < -0.4 is 0 Å². The average Bonchev–Trinajstić information content (AvgIpc) is 2.69. The Labute approximate surface area is 172 Å². The average molecular weight is 392 g/mol. The minimum atomic E-state index is -1.06. The molecule has 29 heavy (non-hydrogen) atoms. The molecule has 0 spiro atoms. The summed E-state index contributed by atoms with van der Waals surface area (Å²) in [7, 11) is 0. The molecule has 4 heteroatoms. The summed E-state index contributed by atoms with van der Waals surface area (Å²) in [5.74, 6) is -1.00. The summed E-state index contributed by atoms with van der Waals surface area (Å²) in [5.41, 5.74) is 0.0698. The largest absolute Gasteiger partial charge is 0.451 e. The highest BCUT2D eigenvalue weighted by atomic mass is 16.6. The van der Waals surface area contributed by atoms with Crippen molar-refractivity contribution in [1.82, 2.24) is 0 Å². The van der Waals surface area contributed by atoms with E-state index in [9.17, 15) is 9.59 Å². The summed E-state index contributed by atoms with van der Waals surface area (Å²) in [6.45, 7) is 14.2. The van der Waals surface area contributed by atoms with Crippen molar-refractivity contribution in [3.8, 4) is 0 Å². The third-order valence-electron chi connectivity index (χ3n) is 4.78. The molecule has 0 radical (unpaired) electrons. The fraction of sp³-hybridized carbons (Fsp3) is 0.280. The van der Waals surface area contributed by atoms with Crippen LogP contribution in [-0.4, -0.2) is 11.9 Å². The van der Waals surface area contributed by atoms with Gasteiger partial charge in [0.2, 0.25) is 0 Å². The first-order valence-corrected chi connectivity index (χ1v) is 9.46. The molecule has 0 aliphatic rings. The SMILES string of the molecule is C=C(C)C(=O)OC(C)(CC(C)(OC(=O)C(=C)C)c1ccccc1)c1ccccc1. The Hall–Kier alpha value is -3.14. The zero-order chi connectivity index (χ0) is 21.7. The van der Waals surface area contributed by atoms with Crippen LogP contribution in [0.3, 0.4) is 0 Å². The Bertz CT molecular complexity index is 825. The van der Waals surface area contributed by atoms with Gasteiger partial charge in [0.15, 0.2) is 0 Å². The molecule has 0 N–H and O–H groups in total. The zero-order valence-corrected chi connectivity index (χ0v) is 17.5. The molecular formula is C25H28O4. The fourth-order valence-electron chi connectivity index (χ4n) is 3.20. The van der Waals surface area contributed by atoms with Gasteiger partial charge in [-0.05, 0) is 38.8 Å². The van der Waals surface area contributed by atoms with Gasteiger partial charge in [0, 0.05) is 17.6 Å². The van der Waals surface area contributed by atoms with E-state index in [0.29, 0.717) is 11.1 Å². The van der Waals surface area contributed by atoms with Crippen molar-refractivity contribution in [1.29, 1.82) is 0 Å². The second kappa shape index (κ2) is 8.91. The van der Waals surface area contributed by atoms with Crippen molar-refractivity contribution in [3.63, 3.8) is 0 Å². The number of carbonyl (C=O) groups excluding carboxylic acids is 2. The molecule has 0 fully saturated rings. The molecule has 2 unspecified atom stereocenters. The van der Waals surface area contributed by atoms with E-state index in [1.165, 1.54) is 0 Å². The van der Waals surface area contributed by atoms with Gasteiger partial charge in [0.1, 0.15) is 11.2 Å². The Morgan fingerprint density at radius 2 is 1.03 bits per heavy atom. The monoisotopic (exact) mass is 392 g/mol. The van der Waals surface area contributed by atoms with E-state index in [0.717, 1.165) is 11.1 Å². The van der Waals surface area contributed by atoms with E-state index in [-0.39, 0.29) is 6.42 Å². The van der Waals surface area contributed by atoms with Gasteiger partial charge in [0.25, 0.3) is 0 Å². The molecule has 2 aromatic carbocycles. The molecule has 0 amide bonds. The van der Waals surface area contributed by atoms with Gasteiger partial charge in [-0.15, -0.1) is 0 Å². The quantitative estimate of drug-likeness (QED) is 0.443. The van der Waals surface area contributed by atoms with Gasteiger partial charge in [0.05, 0.1) is 0 Å². The second-order valence-electron chi connectivity index (χ2n) is 7.71. The highest BCUT2D eigenvalue weighted by Gasteiger charge is 2.43. The van der Waals surface area contributed by atoms with Crippen molar-refractivity contribution < 1.29 is 19.1 Å². The van der Waals surface area contributed by atoms with Gasteiger partial charge >= 0.3 is 11.9 Å². The lowest BCUT2D eigenvalue weighted by molar-refractivity contribution is -0.172. The van der Waals surface area contributed by atoms with Crippen LogP contribution in [0, 0.1) is 0 Å². The maximum atomic E-state index is 12.4. The molecule has 152 valence electrons. The predicted molar refractivity (Wildman–Crippen MR) is 114 cm³/mol. The van der Waals surface area contributed by atoms with Crippen LogP contribution in [0.4, 0.5) is 0 Å². The number of benzene rings is 2. The summed E-state index contributed by atoms with van der Waals surface area (Å²) < 4.78 is 11.8. The van der Waals surface area contributed by atoms with Crippen molar-refractivity contribution in [3.05, 3.63) is 96.1 Å². The first kappa shape index (κ1) is 22.2. The number of rotatable bonds is 8. The van der Waals surface area contributed by atoms with Crippen LogP contribution in [0.1, 0.15) is 45.2 Å². The van der Waals surface area contributed by atoms with Crippen molar-refractivity contribution >= 4 is 11.9 Å². The van der Waals surface area contributed by atoms with E-state index in [1.807, 2.05) is 74.5 Å². The maximum absolute atomic E-state index is 12.4. The molecule has 0 aliphatic carbocycles. The molecule has 2 aromatic rings. The summed E-state index contributed by atoms with van der Waals surface area (Å²) in [4.78, 5) is 24.9. The van der Waals surface area contributed by atoms with Crippen LogP contribution in [0.25, 0.3) is 0 Å². The molecular weight excluding hydrogens is 364 g/mol. The molecule has 0 saturated carbocycles. The van der Waals surface area contributed by atoms with Crippen LogP contribution >= 0.6 is 0 Å². The number of hydrogen-bond acceptors (Lipinski definition) is 4. The summed E-state index contributed by atoms with van der Waals surface area (Å²) in [6, 6.07) is 18.8. The van der Waals surface area contributed by atoms with Crippen LogP contribution in [0.2, 0.25) is 0 Å². The number of carbonyl (C=O) groups is 2. The lowest BCUT2D eigenvalue weighted by atomic mass is 9.80. The van der Waals surface area contributed by atoms with Crippen LogP contribution in [-0.2, 0) is 30.3 Å².